The number of hydrogen-bond donors (Lipinski definition) is 1. The van der Waals surface area contributed by atoms with Gasteiger partial charge in [-0.1, -0.05) is 164 Å². The molecule has 0 bridgehead atoms. The van der Waals surface area contributed by atoms with Crippen molar-refractivity contribution in [2.24, 2.45) is 4.99 Å². The monoisotopic (exact) mass is 784 g/mol. The highest BCUT2D eigenvalue weighted by Crippen LogP contribution is 2.56. The van der Waals surface area contributed by atoms with Gasteiger partial charge < -0.3 is 14.8 Å². The van der Waals surface area contributed by atoms with Crippen molar-refractivity contribution in [3.63, 3.8) is 0 Å². The molecule has 1 aromatic heterocycles. The largest absolute Gasteiger partial charge is 0.346 e. The molecule has 1 N–H and O–H groups in total. The van der Waals surface area contributed by atoms with Crippen molar-refractivity contribution in [2.75, 3.05) is 10.2 Å². The number of rotatable bonds is 6. The first kappa shape index (κ1) is 35.5. The topological polar surface area (TPSA) is 32.6 Å². The number of anilines is 3. The van der Waals surface area contributed by atoms with Crippen LogP contribution in [0.25, 0.3) is 44.1 Å². The van der Waals surface area contributed by atoms with Crippen LogP contribution in [0.5, 0.6) is 0 Å². The number of nitrogens with one attached hydrogen (secondary N) is 1. The van der Waals surface area contributed by atoms with Crippen molar-refractivity contribution < 1.29 is 0 Å². The molecule has 7 aromatic carbocycles. The highest BCUT2D eigenvalue weighted by Gasteiger charge is 2.46. The summed E-state index contributed by atoms with van der Waals surface area (Å²) in [6.07, 6.45) is 15.3. The van der Waals surface area contributed by atoms with Gasteiger partial charge in [-0.05, 0) is 89.2 Å². The minimum Gasteiger partial charge on any atom is -0.346 e. The summed E-state index contributed by atoms with van der Waals surface area (Å²) < 4.78 is 2.38. The van der Waals surface area contributed by atoms with Crippen molar-refractivity contribution >= 4 is 55.7 Å². The van der Waals surface area contributed by atoms with Gasteiger partial charge in [0.2, 0.25) is 6.29 Å². The fourth-order valence-electron chi connectivity index (χ4n) is 10.4. The molecule has 292 valence electrons. The van der Waals surface area contributed by atoms with E-state index in [1.54, 1.807) is 0 Å². The second-order valence-electron chi connectivity index (χ2n) is 16.9. The van der Waals surface area contributed by atoms with Crippen LogP contribution in [-0.2, 0) is 0 Å². The average Bonchev–Trinajstić information content (AvgIpc) is 3.80. The zero-order chi connectivity index (χ0) is 40.5. The molecule has 2 aliphatic carbocycles. The van der Waals surface area contributed by atoms with E-state index in [2.05, 4.69) is 228 Å². The van der Waals surface area contributed by atoms with E-state index in [4.69, 9.17) is 4.99 Å². The van der Waals surface area contributed by atoms with Crippen LogP contribution >= 0.6 is 0 Å². The number of benzene rings is 7. The summed E-state index contributed by atoms with van der Waals surface area (Å²) in [5.41, 5.74) is 17.9. The van der Waals surface area contributed by atoms with Crippen molar-refractivity contribution in [1.82, 2.24) is 4.57 Å². The fourth-order valence-corrected chi connectivity index (χ4v) is 10.4. The Morgan fingerprint density at radius 3 is 2.18 bits per heavy atom. The van der Waals surface area contributed by atoms with E-state index in [-0.39, 0.29) is 11.8 Å². The SMILES string of the molecule is CC12CC(c3ccc4c(c3)c3ccccc3n4C3N=C(c4ccccc4)c4ccccc4N3)=CC=C1c1ccccc1N2c1cc(-c2ccccc2)cc(C2C=CC=CC2)c1. The molecule has 0 saturated heterocycles. The Bertz CT molecular complexity index is 3200. The van der Waals surface area contributed by atoms with E-state index < -0.39 is 0 Å². The molecule has 0 amide bonds. The molecule has 8 aromatic rings. The summed E-state index contributed by atoms with van der Waals surface area (Å²) in [7, 11) is 0. The maximum atomic E-state index is 5.45. The smallest absolute Gasteiger partial charge is 0.201 e. The lowest BCUT2D eigenvalue weighted by molar-refractivity contribution is 0.615. The minimum atomic E-state index is -0.320. The Balaban J connectivity index is 0.971. The molecule has 4 heteroatoms. The molecule has 2 aliphatic heterocycles. The normalized spacial score (nSPS) is 20.1. The van der Waals surface area contributed by atoms with E-state index in [1.807, 2.05) is 0 Å². The van der Waals surface area contributed by atoms with Crippen LogP contribution < -0.4 is 10.2 Å². The van der Waals surface area contributed by atoms with Crippen LogP contribution in [0.3, 0.4) is 0 Å². The maximum Gasteiger partial charge on any atom is 0.201 e. The molecule has 3 unspecified atom stereocenters. The third kappa shape index (κ3) is 5.78. The van der Waals surface area contributed by atoms with Gasteiger partial charge in [-0.25, -0.2) is 4.99 Å². The van der Waals surface area contributed by atoms with Crippen molar-refractivity contribution in [3.8, 4) is 11.1 Å². The second-order valence-corrected chi connectivity index (χ2v) is 16.9. The number of allylic oxidation sites excluding steroid dienone is 6. The summed E-state index contributed by atoms with van der Waals surface area (Å²) in [4.78, 5) is 8.09. The number of para-hydroxylation sites is 3. The minimum absolute atomic E-state index is 0.312. The van der Waals surface area contributed by atoms with Gasteiger partial charge in [0, 0.05) is 56.9 Å². The van der Waals surface area contributed by atoms with Crippen molar-refractivity contribution in [3.05, 3.63) is 234 Å². The van der Waals surface area contributed by atoms with E-state index in [1.165, 1.54) is 61.1 Å². The first-order valence-corrected chi connectivity index (χ1v) is 21.5. The van der Waals surface area contributed by atoms with E-state index in [0.29, 0.717) is 5.92 Å². The molecule has 0 saturated carbocycles. The Labute approximate surface area is 356 Å². The molecule has 0 fully saturated rings. The number of aromatic nitrogens is 1. The first-order chi connectivity index (χ1) is 30.1. The predicted octanol–water partition coefficient (Wildman–Crippen LogP) is 14.3. The Morgan fingerprint density at radius 1 is 0.607 bits per heavy atom. The molecule has 0 radical (unpaired) electrons. The van der Waals surface area contributed by atoms with Crippen molar-refractivity contribution in [2.45, 2.75) is 37.5 Å². The van der Waals surface area contributed by atoms with Gasteiger partial charge in [-0.3, -0.25) is 0 Å². The van der Waals surface area contributed by atoms with E-state index in [9.17, 15) is 0 Å². The van der Waals surface area contributed by atoms with Gasteiger partial charge in [0.25, 0.3) is 0 Å². The standard InChI is InChI=1S/C57H44N4/c1-57-37-42(29-31-50(57)47-24-13-16-28-54(47)61(57)45-34-43(38-17-5-2-6-18-38)33-44(35-45)39-19-7-3-8-20-39)41-30-32-53-49(36-41)46-23-12-15-27-52(46)60(53)56-58-51-26-14-11-25-48(51)55(59-56)40-21-9-4-10-22-40/h2-19,21-36,39,56,58H,20,37H2,1H3. The summed E-state index contributed by atoms with van der Waals surface area (Å²) in [5.74, 6) is 0.331. The first-order valence-electron chi connectivity index (χ1n) is 21.5. The van der Waals surface area contributed by atoms with E-state index >= 15 is 0 Å². The van der Waals surface area contributed by atoms with Crippen LogP contribution in [0.1, 0.15) is 59.8 Å². The number of nitrogens with zero attached hydrogens (tertiary/aromatic N) is 3. The van der Waals surface area contributed by atoms with Gasteiger partial charge in [0.15, 0.2) is 0 Å². The van der Waals surface area contributed by atoms with Gasteiger partial charge >= 0.3 is 0 Å². The molecular formula is C57H44N4. The van der Waals surface area contributed by atoms with Gasteiger partial charge in [-0.15, -0.1) is 0 Å². The molecule has 61 heavy (non-hydrogen) atoms. The molecule has 12 rings (SSSR count). The summed E-state index contributed by atoms with van der Waals surface area (Å²) >= 11 is 0. The fraction of sp³-hybridized carbons (Fsp3) is 0.105. The Morgan fingerprint density at radius 2 is 1.34 bits per heavy atom. The maximum absolute atomic E-state index is 5.45. The Hall–Kier alpha value is -7.43. The predicted molar refractivity (Wildman–Crippen MR) is 256 cm³/mol. The lowest BCUT2D eigenvalue weighted by atomic mass is 9.78. The van der Waals surface area contributed by atoms with Gasteiger partial charge in [0.05, 0.1) is 22.3 Å². The molecule has 4 nitrogen and oxygen atoms in total. The summed E-state index contributed by atoms with van der Waals surface area (Å²) in [6.45, 7) is 2.45. The highest BCUT2D eigenvalue weighted by molar-refractivity contribution is 6.17. The third-order valence-electron chi connectivity index (χ3n) is 13.3. The van der Waals surface area contributed by atoms with Gasteiger partial charge in [0.1, 0.15) is 0 Å². The molecule has 3 heterocycles. The molecule has 3 atom stereocenters. The average molecular weight is 785 g/mol. The van der Waals surface area contributed by atoms with Crippen LogP contribution in [0.15, 0.2) is 211 Å². The van der Waals surface area contributed by atoms with Crippen LogP contribution in [0, 0.1) is 0 Å². The number of hydrogen-bond acceptors (Lipinski definition) is 3. The number of fused-ring (bicyclic) bond motifs is 7. The summed E-state index contributed by atoms with van der Waals surface area (Å²) in [6, 6.07) is 62.0. The molecular weight excluding hydrogens is 741 g/mol. The lowest BCUT2D eigenvalue weighted by Crippen LogP contribution is -2.41. The Kier molecular flexibility index (Phi) is 8.21. The highest BCUT2D eigenvalue weighted by atomic mass is 15.3. The van der Waals surface area contributed by atoms with E-state index in [0.717, 1.165) is 46.4 Å². The van der Waals surface area contributed by atoms with Crippen LogP contribution in [-0.4, -0.2) is 15.8 Å². The van der Waals surface area contributed by atoms with Gasteiger partial charge in [-0.2, -0.15) is 0 Å². The zero-order valence-corrected chi connectivity index (χ0v) is 34.0. The molecule has 4 aliphatic rings. The van der Waals surface area contributed by atoms with Crippen molar-refractivity contribution in [1.29, 1.82) is 0 Å². The summed E-state index contributed by atoms with van der Waals surface area (Å²) in [5, 5.41) is 6.26. The number of aliphatic imine (C=N–C) groups is 1. The second kappa shape index (κ2) is 14.1. The quantitative estimate of drug-likeness (QED) is 0.182. The lowest BCUT2D eigenvalue weighted by Gasteiger charge is -2.41. The van der Waals surface area contributed by atoms with Crippen LogP contribution in [0.4, 0.5) is 17.1 Å². The van der Waals surface area contributed by atoms with Crippen LogP contribution in [0.2, 0.25) is 0 Å². The molecule has 0 spiro atoms. The third-order valence-corrected chi connectivity index (χ3v) is 13.3. The zero-order valence-electron chi connectivity index (χ0n) is 34.0.